The van der Waals surface area contributed by atoms with E-state index in [1.54, 1.807) is 26.3 Å². The number of amides is 2. The maximum absolute atomic E-state index is 12.4. The number of aryl methyl sites for hydroxylation is 1. The highest BCUT2D eigenvalue weighted by molar-refractivity contribution is 5.99. The first-order chi connectivity index (χ1) is 12.0. The smallest absolute Gasteiger partial charge is 0.254 e. The highest BCUT2D eigenvalue weighted by Gasteiger charge is 2.15. The zero-order valence-corrected chi connectivity index (χ0v) is 14.9. The molecule has 0 saturated carbocycles. The van der Waals surface area contributed by atoms with Crippen molar-refractivity contribution in [2.75, 3.05) is 26.0 Å². The van der Waals surface area contributed by atoms with Gasteiger partial charge in [-0.1, -0.05) is 37.3 Å². The van der Waals surface area contributed by atoms with Crippen LogP contribution < -0.4 is 5.32 Å². The monoisotopic (exact) mass is 340 g/mol. The molecule has 0 heterocycles. The van der Waals surface area contributed by atoms with Gasteiger partial charge in [-0.25, -0.2) is 0 Å². The summed E-state index contributed by atoms with van der Waals surface area (Å²) in [5.41, 5.74) is 3.40. The summed E-state index contributed by atoms with van der Waals surface area (Å²) in [5, 5.41) is 2.88. The molecule has 0 atom stereocenters. The van der Waals surface area contributed by atoms with E-state index in [9.17, 15) is 9.59 Å². The van der Waals surface area contributed by atoms with Gasteiger partial charge in [0.2, 0.25) is 5.91 Å². The second kappa shape index (κ2) is 8.99. The molecule has 0 aliphatic carbocycles. The Morgan fingerprint density at radius 2 is 1.76 bits per heavy atom. The number of ether oxygens (including phenoxy) is 1. The molecule has 0 aliphatic heterocycles. The van der Waals surface area contributed by atoms with Crippen LogP contribution in [0.1, 0.15) is 28.4 Å². The number of para-hydroxylation sites is 1. The van der Waals surface area contributed by atoms with Crippen molar-refractivity contribution < 1.29 is 14.3 Å². The van der Waals surface area contributed by atoms with E-state index >= 15 is 0 Å². The maximum atomic E-state index is 12.4. The van der Waals surface area contributed by atoms with E-state index in [0.29, 0.717) is 12.2 Å². The lowest BCUT2D eigenvalue weighted by Crippen LogP contribution is -2.35. The van der Waals surface area contributed by atoms with Gasteiger partial charge >= 0.3 is 0 Å². The molecule has 1 N–H and O–H groups in total. The standard InChI is InChI=1S/C20H24N2O3/c1-4-16-7-5-6-8-18(16)21-19(23)13-22(2)20(24)17-11-9-15(10-12-17)14-25-3/h5-12H,4,13-14H2,1-3H3,(H,21,23). The average molecular weight is 340 g/mol. The van der Waals surface area contributed by atoms with Crippen LogP contribution >= 0.6 is 0 Å². The van der Waals surface area contributed by atoms with Crippen LogP contribution in [-0.2, 0) is 22.6 Å². The van der Waals surface area contributed by atoms with Crippen molar-refractivity contribution in [3.8, 4) is 0 Å². The minimum atomic E-state index is -0.215. The molecule has 25 heavy (non-hydrogen) atoms. The van der Waals surface area contributed by atoms with Gasteiger partial charge in [0.1, 0.15) is 0 Å². The number of hydrogen-bond donors (Lipinski definition) is 1. The summed E-state index contributed by atoms with van der Waals surface area (Å²) >= 11 is 0. The van der Waals surface area contributed by atoms with Crippen LogP contribution in [-0.4, -0.2) is 37.4 Å². The summed E-state index contributed by atoms with van der Waals surface area (Å²) < 4.78 is 5.06. The number of carbonyl (C=O) groups excluding carboxylic acids is 2. The van der Waals surface area contributed by atoms with Gasteiger partial charge in [0.15, 0.2) is 0 Å². The predicted molar refractivity (Wildman–Crippen MR) is 98.6 cm³/mol. The highest BCUT2D eigenvalue weighted by Crippen LogP contribution is 2.15. The molecule has 2 amide bonds. The molecule has 2 aromatic carbocycles. The van der Waals surface area contributed by atoms with Gasteiger partial charge in [-0.2, -0.15) is 0 Å². The molecule has 5 heteroatoms. The van der Waals surface area contributed by atoms with Crippen LogP contribution in [0.5, 0.6) is 0 Å². The Morgan fingerprint density at radius 3 is 2.40 bits per heavy atom. The Labute approximate surface area is 148 Å². The molecule has 0 fully saturated rings. The van der Waals surface area contributed by atoms with Crippen molar-refractivity contribution >= 4 is 17.5 Å². The van der Waals surface area contributed by atoms with Crippen LogP contribution in [0.4, 0.5) is 5.69 Å². The summed E-state index contributed by atoms with van der Waals surface area (Å²) in [6.45, 7) is 2.54. The Bertz CT molecular complexity index is 726. The molecule has 0 bridgehead atoms. The molecule has 0 aliphatic rings. The molecule has 0 unspecified atom stereocenters. The topological polar surface area (TPSA) is 58.6 Å². The molecule has 0 radical (unpaired) electrons. The van der Waals surface area contributed by atoms with Crippen LogP contribution in [0.25, 0.3) is 0 Å². The van der Waals surface area contributed by atoms with Crippen LogP contribution in [0.3, 0.4) is 0 Å². The number of nitrogens with zero attached hydrogens (tertiary/aromatic N) is 1. The molecule has 2 rings (SSSR count). The van der Waals surface area contributed by atoms with E-state index < -0.39 is 0 Å². The molecule has 0 saturated heterocycles. The van der Waals surface area contributed by atoms with Gasteiger partial charge in [-0.05, 0) is 35.7 Å². The lowest BCUT2D eigenvalue weighted by Gasteiger charge is -2.18. The number of methoxy groups -OCH3 is 1. The Balaban J connectivity index is 1.97. The average Bonchev–Trinajstić information content (AvgIpc) is 2.62. The minimum absolute atomic E-state index is 0.00327. The lowest BCUT2D eigenvalue weighted by molar-refractivity contribution is -0.116. The molecular formula is C20H24N2O3. The second-order valence-corrected chi connectivity index (χ2v) is 5.85. The van der Waals surface area contributed by atoms with Gasteiger partial charge in [0.25, 0.3) is 5.91 Å². The quantitative estimate of drug-likeness (QED) is 0.842. The molecule has 2 aromatic rings. The van der Waals surface area contributed by atoms with E-state index in [4.69, 9.17) is 4.74 Å². The highest BCUT2D eigenvalue weighted by atomic mass is 16.5. The Morgan fingerprint density at radius 1 is 1.08 bits per heavy atom. The first-order valence-electron chi connectivity index (χ1n) is 8.26. The fraction of sp³-hybridized carbons (Fsp3) is 0.300. The lowest BCUT2D eigenvalue weighted by atomic mass is 10.1. The van der Waals surface area contributed by atoms with Gasteiger partial charge in [0.05, 0.1) is 13.2 Å². The molecule has 0 spiro atoms. The first kappa shape index (κ1) is 18.7. The number of rotatable bonds is 7. The van der Waals surface area contributed by atoms with Crippen molar-refractivity contribution in [3.05, 3.63) is 65.2 Å². The van der Waals surface area contributed by atoms with E-state index in [2.05, 4.69) is 5.32 Å². The van der Waals surface area contributed by atoms with Gasteiger partial charge < -0.3 is 15.0 Å². The first-order valence-corrected chi connectivity index (χ1v) is 8.26. The Hall–Kier alpha value is -2.66. The largest absolute Gasteiger partial charge is 0.380 e. The molecule has 132 valence electrons. The number of hydrogen-bond acceptors (Lipinski definition) is 3. The third-order valence-corrected chi connectivity index (χ3v) is 3.91. The van der Waals surface area contributed by atoms with E-state index in [1.807, 2.05) is 43.3 Å². The SMILES string of the molecule is CCc1ccccc1NC(=O)CN(C)C(=O)c1ccc(COC)cc1. The zero-order chi connectivity index (χ0) is 18.2. The summed E-state index contributed by atoms with van der Waals surface area (Å²) in [4.78, 5) is 26.1. The number of benzene rings is 2. The van der Waals surface area contributed by atoms with Crippen LogP contribution in [0.15, 0.2) is 48.5 Å². The number of nitrogens with one attached hydrogen (secondary N) is 1. The fourth-order valence-electron chi connectivity index (χ4n) is 2.56. The van der Waals surface area contributed by atoms with Crippen molar-refractivity contribution in [1.29, 1.82) is 0 Å². The Kier molecular flexibility index (Phi) is 6.71. The summed E-state index contributed by atoms with van der Waals surface area (Å²) in [6.07, 6.45) is 0.832. The number of likely N-dealkylation sites (N-methyl/N-ethyl adjacent to an activating group) is 1. The predicted octanol–water partition coefficient (Wildman–Crippen LogP) is 3.11. The fourth-order valence-corrected chi connectivity index (χ4v) is 2.56. The van der Waals surface area contributed by atoms with Crippen LogP contribution in [0.2, 0.25) is 0 Å². The van der Waals surface area contributed by atoms with E-state index in [-0.39, 0.29) is 18.4 Å². The van der Waals surface area contributed by atoms with Gasteiger partial charge in [0, 0.05) is 25.4 Å². The van der Waals surface area contributed by atoms with E-state index in [0.717, 1.165) is 23.2 Å². The third-order valence-electron chi connectivity index (χ3n) is 3.91. The molecule has 5 nitrogen and oxygen atoms in total. The summed E-state index contributed by atoms with van der Waals surface area (Å²) in [5.74, 6) is -0.407. The zero-order valence-electron chi connectivity index (χ0n) is 14.9. The minimum Gasteiger partial charge on any atom is -0.380 e. The second-order valence-electron chi connectivity index (χ2n) is 5.85. The molecule has 0 aromatic heterocycles. The van der Waals surface area contributed by atoms with Crippen molar-refractivity contribution in [1.82, 2.24) is 4.90 Å². The van der Waals surface area contributed by atoms with Gasteiger partial charge in [-0.15, -0.1) is 0 Å². The maximum Gasteiger partial charge on any atom is 0.254 e. The summed E-state index contributed by atoms with van der Waals surface area (Å²) in [7, 11) is 3.25. The van der Waals surface area contributed by atoms with Gasteiger partial charge in [-0.3, -0.25) is 9.59 Å². The number of carbonyl (C=O) groups is 2. The van der Waals surface area contributed by atoms with E-state index in [1.165, 1.54) is 4.90 Å². The third kappa shape index (κ3) is 5.16. The summed E-state index contributed by atoms with van der Waals surface area (Å²) in [6, 6.07) is 14.9. The van der Waals surface area contributed by atoms with Crippen molar-refractivity contribution in [2.45, 2.75) is 20.0 Å². The van der Waals surface area contributed by atoms with Crippen LogP contribution in [0, 0.1) is 0 Å². The normalized spacial score (nSPS) is 10.4. The van der Waals surface area contributed by atoms with Crippen molar-refractivity contribution in [3.63, 3.8) is 0 Å². The van der Waals surface area contributed by atoms with Crippen molar-refractivity contribution in [2.24, 2.45) is 0 Å². The number of anilines is 1. The molecular weight excluding hydrogens is 316 g/mol.